The number of hydrogen-bond donors (Lipinski definition) is 1. The fraction of sp³-hybridized carbons (Fsp3) is 0.208. The van der Waals surface area contributed by atoms with Gasteiger partial charge in [-0.1, -0.05) is 48.0 Å². The van der Waals surface area contributed by atoms with E-state index in [1.54, 1.807) is 14.2 Å². The lowest BCUT2D eigenvalue weighted by Gasteiger charge is -2.38. The summed E-state index contributed by atoms with van der Waals surface area (Å²) >= 11 is 0. The maximum absolute atomic E-state index is 13.4. The van der Waals surface area contributed by atoms with Crippen molar-refractivity contribution in [3.8, 4) is 11.5 Å². The second-order valence-electron chi connectivity index (χ2n) is 7.13. The molecule has 1 unspecified atom stereocenters. The number of aryl methyl sites for hydroxylation is 1. The average Bonchev–Trinajstić information content (AvgIpc) is 2.76. The number of anilines is 1. The third-order valence-corrected chi connectivity index (χ3v) is 5.22. The van der Waals surface area contributed by atoms with Crippen LogP contribution in [0, 0.1) is 6.92 Å². The van der Waals surface area contributed by atoms with Crippen molar-refractivity contribution in [1.82, 2.24) is 4.90 Å². The molecule has 5 heteroatoms. The van der Waals surface area contributed by atoms with Crippen molar-refractivity contribution in [2.75, 3.05) is 19.5 Å². The minimum atomic E-state index is -0.321. The summed E-state index contributed by atoms with van der Waals surface area (Å²) in [5, 5.41) is 3.52. The molecular weight excluding hydrogens is 364 g/mol. The van der Waals surface area contributed by atoms with Gasteiger partial charge in [0.2, 0.25) is 0 Å². The van der Waals surface area contributed by atoms with Gasteiger partial charge in [0, 0.05) is 12.2 Å². The second kappa shape index (κ2) is 7.87. The molecule has 148 valence electrons. The van der Waals surface area contributed by atoms with Crippen molar-refractivity contribution in [1.29, 1.82) is 0 Å². The summed E-state index contributed by atoms with van der Waals surface area (Å²) in [5.41, 5.74) is 4.71. The molecule has 4 rings (SSSR count). The van der Waals surface area contributed by atoms with Crippen LogP contribution in [-0.4, -0.2) is 25.0 Å². The first-order valence-corrected chi connectivity index (χ1v) is 9.54. The van der Waals surface area contributed by atoms with E-state index in [9.17, 15) is 4.79 Å². The Morgan fingerprint density at radius 1 is 0.931 bits per heavy atom. The maximum Gasteiger partial charge on any atom is 0.258 e. The number of para-hydroxylation sites is 1. The van der Waals surface area contributed by atoms with Gasteiger partial charge in [-0.05, 0) is 42.3 Å². The van der Waals surface area contributed by atoms with Crippen LogP contribution in [0.2, 0.25) is 0 Å². The van der Waals surface area contributed by atoms with E-state index in [0.717, 1.165) is 16.8 Å². The SMILES string of the molecule is COc1ccc(C2Nc3ccccc3C(=O)N2Cc2ccc(C)cc2)cc1OC. The highest BCUT2D eigenvalue weighted by molar-refractivity contribution is 6.01. The van der Waals surface area contributed by atoms with Crippen LogP contribution in [0.1, 0.15) is 33.2 Å². The summed E-state index contributed by atoms with van der Waals surface area (Å²) < 4.78 is 10.8. The summed E-state index contributed by atoms with van der Waals surface area (Å²) in [5.74, 6) is 1.29. The van der Waals surface area contributed by atoms with E-state index in [2.05, 4.69) is 36.5 Å². The van der Waals surface area contributed by atoms with Crippen LogP contribution in [0.15, 0.2) is 66.7 Å². The second-order valence-corrected chi connectivity index (χ2v) is 7.13. The Labute approximate surface area is 170 Å². The van der Waals surface area contributed by atoms with Crippen molar-refractivity contribution >= 4 is 11.6 Å². The number of ether oxygens (including phenoxy) is 2. The Bertz CT molecular complexity index is 1030. The van der Waals surface area contributed by atoms with E-state index in [0.29, 0.717) is 23.6 Å². The van der Waals surface area contributed by atoms with Crippen LogP contribution in [0.25, 0.3) is 0 Å². The molecule has 3 aromatic rings. The molecule has 1 aliphatic heterocycles. The predicted octanol–water partition coefficient (Wildman–Crippen LogP) is 4.78. The number of hydrogen-bond acceptors (Lipinski definition) is 4. The molecule has 1 heterocycles. The Morgan fingerprint density at radius 3 is 2.38 bits per heavy atom. The van der Waals surface area contributed by atoms with Gasteiger partial charge < -0.3 is 19.7 Å². The summed E-state index contributed by atoms with van der Waals surface area (Å²) in [4.78, 5) is 15.2. The molecule has 0 saturated heterocycles. The van der Waals surface area contributed by atoms with E-state index >= 15 is 0 Å². The summed E-state index contributed by atoms with van der Waals surface area (Å²) in [6.45, 7) is 2.56. The van der Waals surface area contributed by atoms with Crippen LogP contribution in [0.5, 0.6) is 11.5 Å². The molecule has 0 radical (unpaired) electrons. The monoisotopic (exact) mass is 388 g/mol. The molecule has 1 amide bonds. The van der Waals surface area contributed by atoms with E-state index in [4.69, 9.17) is 9.47 Å². The van der Waals surface area contributed by atoms with Gasteiger partial charge in [0.15, 0.2) is 11.5 Å². The first-order chi connectivity index (χ1) is 14.1. The molecule has 1 atom stereocenters. The number of carbonyl (C=O) groups is 1. The molecule has 1 N–H and O–H groups in total. The van der Waals surface area contributed by atoms with Gasteiger partial charge >= 0.3 is 0 Å². The summed E-state index contributed by atoms with van der Waals surface area (Å²) in [7, 11) is 3.22. The number of amides is 1. The minimum absolute atomic E-state index is 0.000269. The first kappa shape index (κ1) is 18.9. The van der Waals surface area contributed by atoms with Gasteiger partial charge in [0.1, 0.15) is 6.17 Å². The van der Waals surface area contributed by atoms with Gasteiger partial charge in [-0.15, -0.1) is 0 Å². The van der Waals surface area contributed by atoms with Crippen LogP contribution < -0.4 is 14.8 Å². The van der Waals surface area contributed by atoms with E-state index in [1.807, 2.05) is 47.4 Å². The topological polar surface area (TPSA) is 50.8 Å². The largest absolute Gasteiger partial charge is 0.493 e. The van der Waals surface area contributed by atoms with Crippen LogP contribution in [0.3, 0.4) is 0 Å². The zero-order valence-electron chi connectivity index (χ0n) is 16.8. The Balaban J connectivity index is 1.76. The van der Waals surface area contributed by atoms with Gasteiger partial charge in [-0.25, -0.2) is 0 Å². The highest BCUT2D eigenvalue weighted by Crippen LogP contribution is 2.37. The van der Waals surface area contributed by atoms with Crippen molar-refractivity contribution in [2.24, 2.45) is 0 Å². The third kappa shape index (κ3) is 3.63. The lowest BCUT2D eigenvalue weighted by atomic mass is 10.0. The Kier molecular flexibility index (Phi) is 5.12. The molecule has 0 aromatic heterocycles. The third-order valence-electron chi connectivity index (χ3n) is 5.22. The van der Waals surface area contributed by atoms with E-state index in [-0.39, 0.29) is 12.1 Å². The first-order valence-electron chi connectivity index (χ1n) is 9.54. The minimum Gasteiger partial charge on any atom is -0.493 e. The standard InChI is InChI=1S/C24H24N2O3/c1-16-8-10-17(11-9-16)15-26-23(18-12-13-21(28-2)22(14-18)29-3)25-20-7-5-4-6-19(20)24(26)27/h4-14,23,25H,15H2,1-3H3. The van der Waals surface area contributed by atoms with E-state index in [1.165, 1.54) is 5.56 Å². The molecule has 0 spiro atoms. The van der Waals surface area contributed by atoms with Gasteiger partial charge in [-0.3, -0.25) is 4.79 Å². The number of nitrogens with zero attached hydrogens (tertiary/aromatic N) is 1. The van der Waals surface area contributed by atoms with E-state index < -0.39 is 0 Å². The number of benzene rings is 3. The average molecular weight is 388 g/mol. The number of methoxy groups -OCH3 is 2. The van der Waals surface area contributed by atoms with Gasteiger partial charge in [-0.2, -0.15) is 0 Å². The molecule has 3 aromatic carbocycles. The molecular formula is C24H24N2O3. The molecule has 0 bridgehead atoms. The number of nitrogens with one attached hydrogen (secondary N) is 1. The number of fused-ring (bicyclic) bond motifs is 1. The zero-order valence-corrected chi connectivity index (χ0v) is 16.8. The quantitative estimate of drug-likeness (QED) is 0.683. The van der Waals surface area contributed by atoms with Crippen molar-refractivity contribution in [3.05, 3.63) is 89.0 Å². The lowest BCUT2D eigenvalue weighted by Crippen LogP contribution is -2.42. The lowest BCUT2D eigenvalue weighted by molar-refractivity contribution is 0.0666. The molecule has 0 aliphatic carbocycles. The highest BCUT2D eigenvalue weighted by Gasteiger charge is 2.33. The van der Waals surface area contributed by atoms with Crippen molar-refractivity contribution < 1.29 is 14.3 Å². The highest BCUT2D eigenvalue weighted by atomic mass is 16.5. The van der Waals surface area contributed by atoms with Gasteiger partial charge in [0.25, 0.3) is 5.91 Å². The maximum atomic E-state index is 13.4. The van der Waals surface area contributed by atoms with Crippen LogP contribution in [-0.2, 0) is 6.54 Å². The van der Waals surface area contributed by atoms with Crippen LogP contribution in [0.4, 0.5) is 5.69 Å². The smallest absolute Gasteiger partial charge is 0.258 e. The number of carbonyl (C=O) groups excluding carboxylic acids is 1. The molecule has 1 aliphatic rings. The fourth-order valence-corrected chi connectivity index (χ4v) is 3.63. The van der Waals surface area contributed by atoms with Crippen molar-refractivity contribution in [2.45, 2.75) is 19.6 Å². The number of rotatable bonds is 5. The molecule has 0 fully saturated rings. The fourth-order valence-electron chi connectivity index (χ4n) is 3.63. The Morgan fingerprint density at radius 2 is 1.66 bits per heavy atom. The molecule has 5 nitrogen and oxygen atoms in total. The molecule has 0 saturated carbocycles. The van der Waals surface area contributed by atoms with Crippen LogP contribution >= 0.6 is 0 Å². The summed E-state index contributed by atoms with van der Waals surface area (Å²) in [6, 6.07) is 21.6. The molecule has 29 heavy (non-hydrogen) atoms. The van der Waals surface area contributed by atoms with Crippen molar-refractivity contribution in [3.63, 3.8) is 0 Å². The Hall–Kier alpha value is -3.47. The predicted molar refractivity (Wildman–Crippen MR) is 113 cm³/mol. The van der Waals surface area contributed by atoms with Gasteiger partial charge in [0.05, 0.1) is 19.8 Å². The zero-order chi connectivity index (χ0) is 20.4. The summed E-state index contributed by atoms with van der Waals surface area (Å²) in [6.07, 6.45) is -0.321. The normalized spacial score (nSPS) is 15.5.